The summed E-state index contributed by atoms with van der Waals surface area (Å²) in [6.45, 7) is 0. The molecule has 0 bridgehead atoms. The van der Waals surface area contributed by atoms with Crippen LogP contribution in [0.3, 0.4) is 0 Å². The zero-order valence-electron chi connectivity index (χ0n) is 9.86. The molecule has 2 heterocycles. The van der Waals surface area contributed by atoms with Gasteiger partial charge in [0.1, 0.15) is 11.0 Å². The third-order valence-electron chi connectivity index (χ3n) is 2.73. The molecule has 0 spiro atoms. The number of rotatable bonds is 2. The SMILES string of the molecule is O=S(=O)(c1ccccc1)n1cc(Cl)c2nc(Cl)ncc21. The Balaban J connectivity index is 2.31. The van der Waals surface area contributed by atoms with E-state index in [1.165, 1.54) is 24.5 Å². The Labute approximate surface area is 124 Å². The standard InChI is InChI=1S/C12H7Cl2N3O2S/c13-9-7-17(10-6-15-12(14)16-11(9)10)20(18,19)8-4-2-1-3-5-8/h1-7H. The molecule has 0 N–H and O–H groups in total. The summed E-state index contributed by atoms with van der Waals surface area (Å²) in [5.41, 5.74) is 0.578. The maximum Gasteiger partial charge on any atom is 0.268 e. The summed E-state index contributed by atoms with van der Waals surface area (Å²) in [5, 5.41) is 0.207. The van der Waals surface area contributed by atoms with Crippen LogP contribution in [0.25, 0.3) is 11.0 Å². The van der Waals surface area contributed by atoms with Gasteiger partial charge in [-0.15, -0.1) is 0 Å². The number of hydrogen-bond donors (Lipinski definition) is 0. The van der Waals surface area contributed by atoms with E-state index in [9.17, 15) is 8.42 Å². The summed E-state index contributed by atoms with van der Waals surface area (Å²) in [7, 11) is -3.75. The lowest BCUT2D eigenvalue weighted by atomic mass is 10.4. The van der Waals surface area contributed by atoms with Crippen LogP contribution < -0.4 is 0 Å². The lowest BCUT2D eigenvalue weighted by molar-refractivity contribution is 0.589. The van der Waals surface area contributed by atoms with E-state index in [0.717, 1.165) is 3.97 Å². The van der Waals surface area contributed by atoms with Gasteiger partial charge in [0.15, 0.2) is 0 Å². The molecule has 5 nitrogen and oxygen atoms in total. The molecule has 0 amide bonds. The predicted octanol–water partition coefficient (Wildman–Crippen LogP) is 2.98. The van der Waals surface area contributed by atoms with Crippen molar-refractivity contribution in [2.24, 2.45) is 0 Å². The second-order valence-corrected chi connectivity index (χ2v) is 6.52. The molecule has 0 saturated carbocycles. The zero-order chi connectivity index (χ0) is 14.3. The molecule has 2 aromatic heterocycles. The van der Waals surface area contributed by atoms with Crippen LogP contribution in [0.1, 0.15) is 0 Å². The predicted molar refractivity (Wildman–Crippen MR) is 76.6 cm³/mol. The van der Waals surface area contributed by atoms with Crippen LogP contribution in [0.15, 0.2) is 47.6 Å². The van der Waals surface area contributed by atoms with Crippen molar-refractivity contribution in [1.29, 1.82) is 0 Å². The van der Waals surface area contributed by atoms with Gasteiger partial charge in [-0.25, -0.2) is 22.4 Å². The lowest BCUT2D eigenvalue weighted by Crippen LogP contribution is -2.11. The van der Waals surface area contributed by atoms with Crippen molar-refractivity contribution in [2.75, 3.05) is 0 Å². The van der Waals surface area contributed by atoms with Crippen LogP contribution in [0.5, 0.6) is 0 Å². The Bertz CT molecular complexity index is 892. The minimum Gasteiger partial charge on any atom is -0.236 e. The molecule has 0 aliphatic heterocycles. The van der Waals surface area contributed by atoms with E-state index < -0.39 is 10.0 Å². The van der Waals surface area contributed by atoms with Crippen molar-refractivity contribution in [2.45, 2.75) is 4.90 Å². The smallest absolute Gasteiger partial charge is 0.236 e. The van der Waals surface area contributed by atoms with Crippen LogP contribution in [0.2, 0.25) is 10.3 Å². The van der Waals surface area contributed by atoms with Gasteiger partial charge in [-0.1, -0.05) is 29.8 Å². The van der Waals surface area contributed by atoms with Gasteiger partial charge in [0.05, 0.1) is 16.1 Å². The molecule has 20 heavy (non-hydrogen) atoms. The van der Waals surface area contributed by atoms with Gasteiger partial charge in [0.25, 0.3) is 10.0 Å². The Kier molecular flexibility index (Phi) is 3.16. The number of nitrogens with zero attached hydrogens (tertiary/aromatic N) is 3. The molecule has 0 aliphatic carbocycles. The average molecular weight is 328 g/mol. The summed E-state index contributed by atoms with van der Waals surface area (Å²) < 4.78 is 26.2. The minimum absolute atomic E-state index is 0.00857. The summed E-state index contributed by atoms with van der Waals surface area (Å²) in [4.78, 5) is 7.90. The first-order valence-electron chi connectivity index (χ1n) is 5.50. The van der Waals surface area contributed by atoms with E-state index in [2.05, 4.69) is 9.97 Å². The van der Waals surface area contributed by atoms with E-state index in [0.29, 0.717) is 5.52 Å². The van der Waals surface area contributed by atoms with Crippen LogP contribution >= 0.6 is 23.2 Å². The van der Waals surface area contributed by atoms with Gasteiger partial charge in [-0.05, 0) is 23.7 Å². The monoisotopic (exact) mass is 327 g/mol. The number of aromatic nitrogens is 3. The topological polar surface area (TPSA) is 64.8 Å². The molecule has 1 aromatic carbocycles. The third kappa shape index (κ3) is 2.06. The largest absolute Gasteiger partial charge is 0.268 e. The molecule has 102 valence electrons. The first-order valence-corrected chi connectivity index (χ1v) is 7.69. The van der Waals surface area contributed by atoms with Crippen LogP contribution in [-0.4, -0.2) is 22.4 Å². The third-order valence-corrected chi connectivity index (χ3v) is 4.88. The van der Waals surface area contributed by atoms with Gasteiger partial charge in [-0.3, -0.25) is 0 Å². The van der Waals surface area contributed by atoms with Gasteiger partial charge < -0.3 is 0 Å². The highest BCUT2D eigenvalue weighted by Crippen LogP contribution is 2.27. The Morgan fingerprint density at radius 3 is 2.50 bits per heavy atom. The molecule has 8 heteroatoms. The summed E-state index contributed by atoms with van der Waals surface area (Å²) in [5.74, 6) is 0. The molecular weight excluding hydrogens is 321 g/mol. The summed E-state index contributed by atoms with van der Waals surface area (Å²) in [6, 6.07) is 8.04. The first-order chi connectivity index (χ1) is 9.50. The number of fused-ring (bicyclic) bond motifs is 1. The van der Waals surface area contributed by atoms with Crippen molar-refractivity contribution in [1.82, 2.24) is 13.9 Å². The lowest BCUT2D eigenvalue weighted by Gasteiger charge is -2.06. The van der Waals surface area contributed by atoms with E-state index in [1.807, 2.05) is 0 Å². The molecule has 0 saturated heterocycles. The van der Waals surface area contributed by atoms with Gasteiger partial charge in [-0.2, -0.15) is 0 Å². The fraction of sp³-hybridized carbons (Fsp3) is 0. The van der Waals surface area contributed by atoms with Gasteiger partial charge in [0.2, 0.25) is 5.28 Å². The highest BCUT2D eigenvalue weighted by Gasteiger charge is 2.21. The van der Waals surface area contributed by atoms with Crippen molar-refractivity contribution in [3.8, 4) is 0 Å². The Morgan fingerprint density at radius 2 is 1.80 bits per heavy atom. The number of halogens is 2. The maximum absolute atomic E-state index is 12.6. The van der Waals surface area contributed by atoms with Crippen molar-refractivity contribution in [3.63, 3.8) is 0 Å². The van der Waals surface area contributed by atoms with E-state index in [1.54, 1.807) is 18.2 Å². The molecule has 0 fully saturated rings. The number of hydrogen-bond acceptors (Lipinski definition) is 4. The average Bonchev–Trinajstić information content (AvgIpc) is 2.77. The summed E-state index contributed by atoms with van der Waals surface area (Å²) >= 11 is 11.7. The molecule has 0 radical (unpaired) electrons. The molecule has 3 rings (SSSR count). The van der Waals surface area contributed by atoms with Crippen molar-refractivity contribution in [3.05, 3.63) is 53.0 Å². The van der Waals surface area contributed by atoms with Gasteiger partial charge >= 0.3 is 0 Å². The van der Waals surface area contributed by atoms with E-state index in [4.69, 9.17) is 23.2 Å². The van der Waals surface area contributed by atoms with Crippen LogP contribution in [0.4, 0.5) is 0 Å². The molecular formula is C12H7Cl2N3O2S. The fourth-order valence-electron chi connectivity index (χ4n) is 1.83. The Morgan fingerprint density at radius 1 is 1.10 bits per heavy atom. The molecule has 3 aromatic rings. The normalized spacial score (nSPS) is 11.9. The van der Waals surface area contributed by atoms with Crippen LogP contribution in [0, 0.1) is 0 Å². The first kappa shape index (κ1) is 13.4. The van der Waals surface area contributed by atoms with Gasteiger partial charge in [0, 0.05) is 6.20 Å². The van der Waals surface area contributed by atoms with Crippen molar-refractivity contribution >= 4 is 44.3 Å². The fourth-order valence-corrected chi connectivity index (χ4v) is 3.62. The van der Waals surface area contributed by atoms with E-state index in [-0.39, 0.29) is 20.7 Å². The second-order valence-electron chi connectivity index (χ2n) is 3.96. The summed E-state index contributed by atoms with van der Waals surface area (Å²) in [6.07, 6.45) is 2.62. The number of benzene rings is 1. The Hall–Kier alpha value is -1.63. The van der Waals surface area contributed by atoms with E-state index >= 15 is 0 Å². The maximum atomic E-state index is 12.6. The molecule has 0 atom stereocenters. The molecule has 0 unspecified atom stereocenters. The highest BCUT2D eigenvalue weighted by atomic mass is 35.5. The highest BCUT2D eigenvalue weighted by molar-refractivity contribution is 7.90. The molecule has 0 aliphatic rings. The quantitative estimate of drug-likeness (QED) is 0.679. The van der Waals surface area contributed by atoms with Crippen LogP contribution in [-0.2, 0) is 10.0 Å². The minimum atomic E-state index is -3.75. The second kappa shape index (κ2) is 4.73. The van der Waals surface area contributed by atoms with Crippen molar-refractivity contribution < 1.29 is 8.42 Å². The zero-order valence-corrected chi connectivity index (χ0v) is 12.2.